The second-order valence-electron chi connectivity index (χ2n) is 2.50. The maximum atomic E-state index is 5.48. The molecule has 0 fully saturated rings. The molecule has 1 nitrogen and oxygen atoms in total. The van der Waals surface area contributed by atoms with Crippen LogP contribution in [0, 0.1) is 18.8 Å². The van der Waals surface area contributed by atoms with Gasteiger partial charge >= 0.3 is 0 Å². The van der Waals surface area contributed by atoms with Crippen LogP contribution >= 0.6 is 11.3 Å². The number of aryl methyl sites for hydroxylation is 1. The molecule has 1 aromatic rings. The summed E-state index contributed by atoms with van der Waals surface area (Å²) in [7, 11) is 0. The first-order valence-corrected chi connectivity index (χ1v) is 4.38. The molecule has 1 unspecified atom stereocenters. The zero-order valence-electron chi connectivity index (χ0n) is 6.72. The SMILES string of the molecule is Cc1cc(C#CC(C)N)cs1. The maximum Gasteiger partial charge on any atom is 0.0639 e. The standard InChI is InChI=1S/C9H11NS/c1-7(10)3-4-9-5-8(2)11-6-9/h5-7H,10H2,1-2H3. The fourth-order valence-electron chi connectivity index (χ4n) is 0.706. The fraction of sp³-hybridized carbons (Fsp3) is 0.333. The van der Waals surface area contributed by atoms with E-state index in [1.165, 1.54) is 4.88 Å². The van der Waals surface area contributed by atoms with Crippen LogP contribution in [0.2, 0.25) is 0 Å². The van der Waals surface area contributed by atoms with Crippen molar-refractivity contribution in [1.82, 2.24) is 0 Å². The first kappa shape index (κ1) is 8.32. The predicted octanol–water partition coefficient (Wildman–Crippen LogP) is 1.76. The zero-order chi connectivity index (χ0) is 8.27. The molecule has 0 radical (unpaired) electrons. The van der Waals surface area contributed by atoms with Gasteiger partial charge in [-0.2, -0.15) is 0 Å². The van der Waals surface area contributed by atoms with E-state index in [9.17, 15) is 0 Å². The van der Waals surface area contributed by atoms with Crippen LogP contribution in [0.3, 0.4) is 0 Å². The molecule has 0 spiro atoms. The number of hydrogen-bond donors (Lipinski definition) is 1. The molecule has 0 saturated heterocycles. The molecule has 2 heteroatoms. The van der Waals surface area contributed by atoms with Crippen LogP contribution in [0.5, 0.6) is 0 Å². The average Bonchev–Trinajstić information content (AvgIpc) is 2.31. The van der Waals surface area contributed by atoms with Gasteiger partial charge in [0.25, 0.3) is 0 Å². The number of thiophene rings is 1. The highest BCUT2D eigenvalue weighted by atomic mass is 32.1. The summed E-state index contributed by atoms with van der Waals surface area (Å²) >= 11 is 1.71. The highest BCUT2D eigenvalue weighted by molar-refractivity contribution is 7.10. The van der Waals surface area contributed by atoms with E-state index in [1.54, 1.807) is 11.3 Å². The van der Waals surface area contributed by atoms with Crippen molar-refractivity contribution in [3.63, 3.8) is 0 Å². The normalized spacial score (nSPS) is 11.9. The average molecular weight is 165 g/mol. The molecule has 0 aliphatic heterocycles. The van der Waals surface area contributed by atoms with E-state index in [2.05, 4.69) is 24.8 Å². The van der Waals surface area contributed by atoms with E-state index >= 15 is 0 Å². The maximum absolute atomic E-state index is 5.48. The lowest BCUT2D eigenvalue weighted by atomic mass is 10.3. The molecule has 0 aliphatic carbocycles. The third-order valence-electron chi connectivity index (χ3n) is 1.17. The van der Waals surface area contributed by atoms with Gasteiger partial charge in [-0.1, -0.05) is 11.8 Å². The highest BCUT2D eigenvalue weighted by Crippen LogP contribution is 2.11. The second-order valence-corrected chi connectivity index (χ2v) is 3.62. The van der Waals surface area contributed by atoms with Crippen molar-refractivity contribution >= 4 is 11.3 Å². The predicted molar refractivity (Wildman–Crippen MR) is 49.6 cm³/mol. The van der Waals surface area contributed by atoms with Gasteiger partial charge in [-0.15, -0.1) is 11.3 Å². The molecule has 0 saturated carbocycles. The van der Waals surface area contributed by atoms with Crippen molar-refractivity contribution in [2.24, 2.45) is 5.73 Å². The Balaban J connectivity index is 2.74. The van der Waals surface area contributed by atoms with Gasteiger partial charge in [0.2, 0.25) is 0 Å². The summed E-state index contributed by atoms with van der Waals surface area (Å²) in [5.41, 5.74) is 6.55. The van der Waals surface area contributed by atoms with Crippen LogP contribution in [0.4, 0.5) is 0 Å². The van der Waals surface area contributed by atoms with Crippen LogP contribution < -0.4 is 5.73 Å². The topological polar surface area (TPSA) is 26.0 Å². The summed E-state index contributed by atoms with van der Waals surface area (Å²) in [5, 5.41) is 2.05. The Morgan fingerprint density at radius 1 is 1.64 bits per heavy atom. The monoisotopic (exact) mass is 165 g/mol. The van der Waals surface area contributed by atoms with E-state index < -0.39 is 0 Å². The summed E-state index contributed by atoms with van der Waals surface area (Å²) < 4.78 is 0. The zero-order valence-corrected chi connectivity index (χ0v) is 7.53. The lowest BCUT2D eigenvalue weighted by molar-refractivity contribution is 0.959. The Morgan fingerprint density at radius 2 is 2.36 bits per heavy atom. The molecule has 0 bridgehead atoms. The summed E-state index contributed by atoms with van der Waals surface area (Å²) in [6.45, 7) is 3.95. The molecular weight excluding hydrogens is 154 g/mol. The Morgan fingerprint density at radius 3 is 2.82 bits per heavy atom. The molecule has 1 rings (SSSR count). The van der Waals surface area contributed by atoms with E-state index in [1.807, 2.05) is 12.3 Å². The van der Waals surface area contributed by atoms with Crippen LogP contribution in [0.15, 0.2) is 11.4 Å². The van der Waals surface area contributed by atoms with Crippen LogP contribution in [0.25, 0.3) is 0 Å². The van der Waals surface area contributed by atoms with Gasteiger partial charge in [0.05, 0.1) is 6.04 Å². The third kappa shape index (κ3) is 2.75. The minimum Gasteiger partial charge on any atom is -0.318 e. The fourth-order valence-corrected chi connectivity index (χ4v) is 1.34. The minimum absolute atomic E-state index is 0.0322. The van der Waals surface area contributed by atoms with E-state index in [4.69, 9.17) is 5.73 Å². The second kappa shape index (κ2) is 3.56. The quantitative estimate of drug-likeness (QED) is 0.582. The van der Waals surface area contributed by atoms with Gasteiger partial charge in [0, 0.05) is 15.8 Å². The highest BCUT2D eigenvalue weighted by Gasteiger charge is 1.90. The molecule has 0 aromatic carbocycles. The summed E-state index contributed by atoms with van der Waals surface area (Å²) in [6.07, 6.45) is 0. The summed E-state index contributed by atoms with van der Waals surface area (Å²) in [6, 6.07) is 2.04. The van der Waals surface area contributed by atoms with Crippen molar-refractivity contribution in [3.8, 4) is 11.8 Å². The Bertz CT molecular complexity index is 288. The Labute approximate surface area is 71.2 Å². The molecule has 0 amide bonds. The van der Waals surface area contributed by atoms with Crippen molar-refractivity contribution in [3.05, 3.63) is 21.9 Å². The van der Waals surface area contributed by atoms with Crippen LogP contribution in [-0.2, 0) is 0 Å². The van der Waals surface area contributed by atoms with Gasteiger partial charge in [-0.05, 0) is 19.9 Å². The van der Waals surface area contributed by atoms with Crippen molar-refractivity contribution in [2.75, 3.05) is 0 Å². The summed E-state index contributed by atoms with van der Waals surface area (Å²) in [5.74, 6) is 5.91. The number of nitrogens with two attached hydrogens (primary N) is 1. The number of hydrogen-bond acceptors (Lipinski definition) is 2. The molecule has 2 N–H and O–H groups in total. The smallest absolute Gasteiger partial charge is 0.0639 e. The molecule has 1 aromatic heterocycles. The van der Waals surface area contributed by atoms with Crippen LogP contribution in [-0.4, -0.2) is 6.04 Å². The van der Waals surface area contributed by atoms with Gasteiger partial charge in [-0.25, -0.2) is 0 Å². The van der Waals surface area contributed by atoms with Gasteiger partial charge in [0.1, 0.15) is 0 Å². The molecule has 0 aliphatic rings. The molecule has 1 atom stereocenters. The molecule has 1 heterocycles. The van der Waals surface area contributed by atoms with E-state index in [-0.39, 0.29) is 6.04 Å². The number of rotatable bonds is 0. The van der Waals surface area contributed by atoms with E-state index in [0.29, 0.717) is 0 Å². The lowest BCUT2D eigenvalue weighted by Crippen LogP contribution is -2.10. The van der Waals surface area contributed by atoms with Gasteiger partial charge in [0.15, 0.2) is 0 Å². The molecular formula is C9H11NS. The third-order valence-corrected chi connectivity index (χ3v) is 2.04. The van der Waals surface area contributed by atoms with Crippen molar-refractivity contribution in [1.29, 1.82) is 0 Å². The van der Waals surface area contributed by atoms with Crippen molar-refractivity contribution < 1.29 is 0 Å². The first-order chi connectivity index (χ1) is 5.18. The largest absolute Gasteiger partial charge is 0.318 e. The summed E-state index contributed by atoms with van der Waals surface area (Å²) in [4.78, 5) is 1.29. The molecule has 11 heavy (non-hydrogen) atoms. The van der Waals surface area contributed by atoms with Crippen LogP contribution in [0.1, 0.15) is 17.4 Å². The Kier molecular flexibility index (Phi) is 2.70. The van der Waals surface area contributed by atoms with Crippen molar-refractivity contribution in [2.45, 2.75) is 19.9 Å². The first-order valence-electron chi connectivity index (χ1n) is 3.51. The molecule has 58 valence electrons. The van der Waals surface area contributed by atoms with Gasteiger partial charge < -0.3 is 5.73 Å². The Hall–Kier alpha value is -0.780. The minimum atomic E-state index is -0.0322. The van der Waals surface area contributed by atoms with E-state index in [0.717, 1.165) is 5.56 Å². The lowest BCUT2D eigenvalue weighted by Gasteiger charge is -1.86. The van der Waals surface area contributed by atoms with Gasteiger partial charge in [-0.3, -0.25) is 0 Å².